The lowest BCUT2D eigenvalue weighted by atomic mass is 10.1. The quantitative estimate of drug-likeness (QED) is 0.840. The van der Waals surface area contributed by atoms with Crippen molar-refractivity contribution < 1.29 is 24.2 Å². The number of ether oxygens (including phenoxy) is 2. The third-order valence-corrected chi connectivity index (χ3v) is 3.09. The van der Waals surface area contributed by atoms with Crippen molar-refractivity contribution in [1.82, 2.24) is 4.90 Å². The van der Waals surface area contributed by atoms with Gasteiger partial charge in [-0.2, -0.15) is 0 Å². The summed E-state index contributed by atoms with van der Waals surface area (Å²) in [4.78, 5) is 24.3. The third kappa shape index (κ3) is 3.46. The zero-order valence-electron chi connectivity index (χ0n) is 11.2. The van der Waals surface area contributed by atoms with Gasteiger partial charge in [0.15, 0.2) is 11.5 Å². The molecule has 1 aliphatic rings. The fraction of sp³-hybridized carbons (Fsp3) is 0.286. The minimum absolute atomic E-state index is 0.122. The number of hydrogen-bond acceptors (Lipinski definition) is 4. The van der Waals surface area contributed by atoms with Crippen LogP contribution in [0, 0.1) is 0 Å². The highest BCUT2D eigenvalue weighted by molar-refractivity contribution is 6.32. The average molecular weight is 312 g/mol. The van der Waals surface area contributed by atoms with Gasteiger partial charge in [0.2, 0.25) is 0 Å². The molecule has 0 aromatic heterocycles. The van der Waals surface area contributed by atoms with Crippen LogP contribution < -0.4 is 9.47 Å². The van der Waals surface area contributed by atoms with Gasteiger partial charge in [-0.1, -0.05) is 17.7 Å². The molecule has 2 rings (SSSR count). The van der Waals surface area contributed by atoms with Crippen molar-refractivity contribution in [1.29, 1.82) is 0 Å². The number of amides is 1. The van der Waals surface area contributed by atoms with Crippen molar-refractivity contribution in [2.24, 2.45) is 0 Å². The molecule has 21 heavy (non-hydrogen) atoms. The molecule has 0 radical (unpaired) electrons. The Morgan fingerprint density at radius 3 is 2.76 bits per heavy atom. The highest BCUT2D eigenvalue weighted by atomic mass is 35.5. The standard InChI is InChI=1S/C14H14ClNO5/c1-2-3-16(8-12(17)18)14(19)9-6-10(15)13-11(7-9)20-4-5-21-13/h2,6-7H,1,3-5,8H2,(H,17,18). The predicted octanol–water partition coefficient (Wildman–Crippen LogP) is 1.82. The molecule has 0 fully saturated rings. The summed E-state index contributed by atoms with van der Waals surface area (Å²) in [6.45, 7) is 3.97. The second-order valence-corrected chi connectivity index (χ2v) is 4.76. The largest absolute Gasteiger partial charge is 0.486 e. The van der Waals surface area contributed by atoms with Crippen LogP contribution in [0.5, 0.6) is 11.5 Å². The minimum atomic E-state index is -1.10. The first-order chi connectivity index (χ1) is 10.0. The average Bonchev–Trinajstić information content (AvgIpc) is 2.45. The van der Waals surface area contributed by atoms with E-state index in [9.17, 15) is 9.59 Å². The SMILES string of the molecule is C=CCN(CC(=O)O)C(=O)c1cc(Cl)c2c(c1)OCCO2. The van der Waals surface area contributed by atoms with Crippen molar-refractivity contribution in [3.8, 4) is 11.5 Å². The van der Waals surface area contributed by atoms with Crippen molar-refractivity contribution in [3.63, 3.8) is 0 Å². The monoisotopic (exact) mass is 311 g/mol. The van der Waals surface area contributed by atoms with E-state index in [0.29, 0.717) is 24.7 Å². The molecular formula is C14H14ClNO5. The maximum absolute atomic E-state index is 12.4. The van der Waals surface area contributed by atoms with E-state index in [-0.39, 0.29) is 17.1 Å². The Hall–Kier alpha value is -2.21. The van der Waals surface area contributed by atoms with Crippen LogP contribution in [0.15, 0.2) is 24.8 Å². The highest BCUT2D eigenvalue weighted by Crippen LogP contribution is 2.38. The molecular weight excluding hydrogens is 298 g/mol. The number of carbonyl (C=O) groups excluding carboxylic acids is 1. The summed E-state index contributed by atoms with van der Waals surface area (Å²) >= 11 is 6.07. The number of aliphatic carboxylic acids is 1. The normalized spacial score (nSPS) is 12.6. The van der Waals surface area contributed by atoms with Crippen LogP contribution in [0.2, 0.25) is 5.02 Å². The van der Waals surface area contributed by atoms with Gasteiger partial charge in [0.05, 0.1) is 5.02 Å². The summed E-state index contributed by atoms with van der Waals surface area (Å²) < 4.78 is 10.8. The molecule has 7 heteroatoms. The fourth-order valence-electron chi connectivity index (χ4n) is 1.96. The van der Waals surface area contributed by atoms with Crippen LogP contribution in [0.1, 0.15) is 10.4 Å². The molecule has 1 amide bonds. The number of carboxylic acid groups (broad SMARTS) is 1. The Labute approximate surface area is 126 Å². The van der Waals surface area contributed by atoms with E-state index >= 15 is 0 Å². The predicted molar refractivity (Wildman–Crippen MR) is 76.2 cm³/mol. The van der Waals surface area contributed by atoms with Gasteiger partial charge in [-0.05, 0) is 12.1 Å². The number of nitrogens with zero attached hydrogens (tertiary/aromatic N) is 1. The molecule has 0 atom stereocenters. The highest BCUT2D eigenvalue weighted by Gasteiger charge is 2.23. The van der Waals surface area contributed by atoms with E-state index < -0.39 is 18.4 Å². The van der Waals surface area contributed by atoms with Crippen LogP contribution >= 0.6 is 11.6 Å². The second kappa shape index (κ2) is 6.49. The van der Waals surface area contributed by atoms with Gasteiger partial charge in [-0.3, -0.25) is 9.59 Å². The maximum Gasteiger partial charge on any atom is 0.323 e. The second-order valence-electron chi connectivity index (χ2n) is 4.35. The Kier molecular flexibility index (Phi) is 4.70. The molecule has 0 saturated carbocycles. The lowest BCUT2D eigenvalue weighted by Crippen LogP contribution is -2.35. The van der Waals surface area contributed by atoms with Gasteiger partial charge in [0.1, 0.15) is 19.8 Å². The van der Waals surface area contributed by atoms with Crippen LogP contribution in [-0.4, -0.2) is 48.2 Å². The Morgan fingerprint density at radius 2 is 2.10 bits per heavy atom. The van der Waals surface area contributed by atoms with Crippen LogP contribution in [0.25, 0.3) is 0 Å². The Bertz CT molecular complexity index is 587. The van der Waals surface area contributed by atoms with E-state index in [1.54, 1.807) is 0 Å². The molecule has 0 aliphatic carbocycles. The molecule has 1 aromatic rings. The summed E-state index contributed by atoms with van der Waals surface area (Å²) in [5.74, 6) is -0.788. The third-order valence-electron chi connectivity index (χ3n) is 2.81. The van der Waals surface area contributed by atoms with Crippen molar-refractivity contribution in [2.75, 3.05) is 26.3 Å². The number of fused-ring (bicyclic) bond motifs is 1. The van der Waals surface area contributed by atoms with E-state index in [2.05, 4.69) is 6.58 Å². The molecule has 0 saturated heterocycles. The molecule has 1 heterocycles. The smallest absolute Gasteiger partial charge is 0.323 e. The topological polar surface area (TPSA) is 76.1 Å². The van der Waals surface area contributed by atoms with E-state index in [4.69, 9.17) is 26.2 Å². The molecule has 1 N–H and O–H groups in total. The lowest BCUT2D eigenvalue weighted by Gasteiger charge is -2.22. The van der Waals surface area contributed by atoms with E-state index in [1.807, 2.05) is 0 Å². The first kappa shape index (κ1) is 15.2. The molecule has 112 valence electrons. The van der Waals surface area contributed by atoms with Crippen LogP contribution in [-0.2, 0) is 4.79 Å². The number of benzene rings is 1. The first-order valence-corrected chi connectivity index (χ1v) is 6.62. The summed E-state index contributed by atoms with van der Waals surface area (Å²) in [6.07, 6.45) is 1.46. The fourth-order valence-corrected chi connectivity index (χ4v) is 2.22. The maximum atomic E-state index is 12.4. The van der Waals surface area contributed by atoms with Crippen LogP contribution in [0.4, 0.5) is 0 Å². The summed E-state index contributed by atoms with van der Waals surface area (Å²) in [5.41, 5.74) is 0.243. The Morgan fingerprint density at radius 1 is 1.38 bits per heavy atom. The van der Waals surface area contributed by atoms with Crippen molar-refractivity contribution in [3.05, 3.63) is 35.4 Å². The molecule has 1 aliphatic heterocycles. The Balaban J connectivity index is 2.31. The van der Waals surface area contributed by atoms with Crippen molar-refractivity contribution >= 4 is 23.5 Å². The molecule has 1 aromatic carbocycles. The minimum Gasteiger partial charge on any atom is -0.486 e. The summed E-state index contributed by atoms with van der Waals surface area (Å²) in [7, 11) is 0. The van der Waals surface area contributed by atoms with Gasteiger partial charge in [0.25, 0.3) is 5.91 Å². The van der Waals surface area contributed by atoms with Gasteiger partial charge >= 0.3 is 5.97 Å². The van der Waals surface area contributed by atoms with Crippen LogP contribution in [0.3, 0.4) is 0 Å². The molecule has 6 nitrogen and oxygen atoms in total. The number of rotatable bonds is 5. The van der Waals surface area contributed by atoms with E-state index in [0.717, 1.165) is 4.90 Å². The van der Waals surface area contributed by atoms with Crippen molar-refractivity contribution in [2.45, 2.75) is 0 Å². The number of halogens is 1. The zero-order valence-corrected chi connectivity index (χ0v) is 11.9. The molecule has 0 spiro atoms. The molecule has 0 bridgehead atoms. The van der Waals surface area contributed by atoms with Gasteiger partial charge in [-0.15, -0.1) is 6.58 Å². The summed E-state index contributed by atoms with van der Waals surface area (Å²) in [5, 5.41) is 9.11. The first-order valence-electron chi connectivity index (χ1n) is 6.24. The molecule has 0 unspecified atom stereocenters. The summed E-state index contributed by atoms with van der Waals surface area (Å²) in [6, 6.07) is 2.94. The van der Waals surface area contributed by atoms with Gasteiger partial charge < -0.3 is 19.5 Å². The van der Waals surface area contributed by atoms with Gasteiger partial charge in [-0.25, -0.2) is 0 Å². The van der Waals surface area contributed by atoms with E-state index in [1.165, 1.54) is 18.2 Å². The number of hydrogen-bond donors (Lipinski definition) is 1. The number of carbonyl (C=O) groups is 2. The van der Waals surface area contributed by atoms with Gasteiger partial charge in [0, 0.05) is 12.1 Å². The zero-order chi connectivity index (χ0) is 15.4. The lowest BCUT2D eigenvalue weighted by molar-refractivity contribution is -0.137. The number of carboxylic acids is 1.